The molecule has 1 amide bonds. The second kappa shape index (κ2) is 10.2. The molecule has 0 aliphatic carbocycles. The number of aliphatic carboxylic acids is 1. The predicted molar refractivity (Wildman–Crippen MR) is 139 cm³/mol. The maximum Gasteiger partial charge on any atom is 0.309 e. The predicted octanol–water partition coefficient (Wildman–Crippen LogP) is 2.87. The van der Waals surface area contributed by atoms with Crippen LogP contribution in [-0.2, 0) is 18.3 Å². The molecule has 1 aromatic carbocycles. The molecule has 3 N–H and O–H groups in total. The van der Waals surface area contributed by atoms with E-state index in [1.54, 1.807) is 31.7 Å². The molecule has 9 nitrogen and oxygen atoms in total. The van der Waals surface area contributed by atoms with Crippen molar-refractivity contribution in [2.75, 3.05) is 31.1 Å². The number of nitrogens with one attached hydrogen (secondary N) is 1. The molecule has 2 aromatic rings. The van der Waals surface area contributed by atoms with Gasteiger partial charge >= 0.3 is 5.97 Å². The number of carboxylic acid groups (broad SMARTS) is 1. The SMILES string of the molecule is Cc1c(-c2cc(F)c3c(c2)N(CC(C)(C)O)CCO3)c(CC(=O)O)n(C)c(=O)c1C(=O)NCC(C)(C)C. The van der Waals surface area contributed by atoms with Crippen molar-refractivity contribution in [2.24, 2.45) is 12.5 Å². The number of benzene rings is 1. The van der Waals surface area contributed by atoms with Crippen molar-refractivity contribution in [2.45, 2.75) is 53.6 Å². The number of anilines is 1. The summed E-state index contributed by atoms with van der Waals surface area (Å²) in [5.41, 5.74) is -0.655. The zero-order chi connectivity index (χ0) is 27.9. The molecular weight excluding hydrogens is 481 g/mol. The van der Waals surface area contributed by atoms with E-state index in [1.165, 1.54) is 13.1 Å². The molecule has 0 saturated heterocycles. The number of halogens is 1. The Labute approximate surface area is 215 Å². The molecule has 0 spiro atoms. The van der Waals surface area contributed by atoms with Crippen LogP contribution in [0, 0.1) is 18.2 Å². The molecule has 37 heavy (non-hydrogen) atoms. The van der Waals surface area contributed by atoms with Crippen molar-refractivity contribution >= 4 is 17.6 Å². The smallest absolute Gasteiger partial charge is 0.309 e. The third-order valence-corrected chi connectivity index (χ3v) is 6.13. The van der Waals surface area contributed by atoms with Gasteiger partial charge in [-0.2, -0.15) is 0 Å². The quantitative estimate of drug-likeness (QED) is 0.516. The minimum atomic E-state index is -1.17. The first-order valence-corrected chi connectivity index (χ1v) is 12.2. The van der Waals surface area contributed by atoms with Gasteiger partial charge in [0.15, 0.2) is 11.6 Å². The molecule has 1 aromatic heterocycles. The summed E-state index contributed by atoms with van der Waals surface area (Å²) in [6.07, 6.45) is -0.506. The van der Waals surface area contributed by atoms with Gasteiger partial charge in [0.05, 0.1) is 24.3 Å². The fourth-order valence-corrected chi connectivity index (χ4v) is 4.51. The molecule has 2 heterocycles. The number of aromatic nitrogens is 1. The highest BCUT2D eigenvalue weighted by Gasteiger charge is 2.30. The molecular formula is C27H36FN3O6. The second-order valence-electron chi connectivity index (χ2n) is 11.4. The number of aliphatic hydroxyl groups is 1. The van der Waals surface area contributed by atoms with E-state index in [1.807, 2.05) is 20.8 Å². The van der Waals surface area contributed by atoms with Gasteiger partial charge in [-0.05, 0) is 49.4 Å². The van der Waals surface area contributed by atoms with Gasteiger partial charge in [-0.25, -0.2) is 4.39 Å². The maximum atomic E-state index is 15.4. The third-order valence-electron chi connectivity index (χ3n) is 6.13. The molecule has 3 rings (SSSR count). The number of carbonyl (C=O) groups is 2. The Kier molecular flexibility index (Phi) is 7.74. The monoisotopic (exact) mass is 517 g/mol. The summed E-state index contributed by atoms with van der Waals surface area (Å²) >= 11 is 0. The highest BCUT2D eigenvalue weighted by molar-refractivity contribution is 5.98. The molecule has 0 fully saturated rings. The van der Waals surface area contributed by atoms with Gasteiger partial charge < -0.3 is 29.7 Å². The van der Waals surface area contributed by atoms with Crippen LogP contribution in [0.25, 0.3) is 11.1 Å². The van der Waals surface area contributed by atoms with Crippen molar-refractivity contribution in [3.63, 3.8) is 0 Å². The number of hydrogen-bond donors (Lipinski definition) is 3. The lowest BCUT2D eigenvalue weighted by molar-refractivity contribution is -0.136. The highest BCUT2D eigenvalue weighted by atomic mass is 19.1. The third kappa shape index (κ3) is 6.30. The number of rotatable bonds is 7. The Hall–Kier alpha value is -3.40. The van der Waals surface area contributed by atoms with Crippen LogP contribution in [0.3, 0.4) is 0 Å². The number of amides is 1. The number of ether oxygens (including phenoxy) is 1. The van der Waals surface area contributed by atoms with Gasteiger partial charge in [0, 0.05) is 31.4 Å². The largest absolute Gasteiger partial charge is 0.486 e. The molecule has 0 unspecified atom stereocenters. The van der Waals surface area contributed by atoms with E-state index in [2.05, 4.69) is 5.32 Å². The average molecular weight is 518 g/mol. The van der Waals surface area contributed by atoms with Crippen molar-refractivity contribution in [3.05, 3.63) is 45.1 Å². The standard InChI is InChI=1S/C27H36FN3O6/c1-15-21(16-10-17(28)23-19(11-16)31(8-9-37-23)14-27(5,6)36)18(12-20(32)33)30(7)25(35)22(15)24(34)29-13-26(2,3)4/h10-11,36H,8-9,12-14H2,1-7H3,(H,29,34)(H,32,33). The molecule has 0 radical (unpaired) electrons. The minimum absolute atomic E-state index is 0.0321. The normalized spacial score (nSPS) is 13.7. The summed E-state index contributed by atoms with van der Waals surface area (Å²) in [7, 11) is 1.41. The topological polar surface area (TPSA) is 121 Å². The molecule has 0 bridgehead atoms. The van der Waals surface area contributed by atoms with E-state index in [0.29, 0.717) is 29.9 Å². The van der Waals surface area contributed by atoms with Crippen molar-refractivity contribution in [1.29, 1.82) is 0 Å². The summed E-state index contributed by atoms with van der Waals surface area (Å²) in [6.45, 7) is 11.9. The molecule has 1 aliphatic rings. The maximum absolute atomic E-state index is 15.4. The van der Waals surface area contributed by atoms with Crippen LogP contribution >= 0.6 is 0 Å². The van der Waals surface area contributed by atoms with E-state index in [9.17, 15) is 24.6 Å². The van der Waals surface area contributed by atoms with Crippen LogP contribution in [0.1, 0.15) is 56.2 Å². The number of fused-ring (bicyclic) bond motifs is 1. The summed E-state index contributed by atoms with van der Waals surface area (Å²) < 4.78 is 22.1. The van der Waals surface area contributed by atoms with Crippen molar-refractivity contribution in [1.82, 2.24) is 9.88 Å². The Morgan fingerprint density at radius 3 is 2.41 bits per heavy atom. The lowest BCUT2D eigenvalue weighted by atomic mass is 9.92. The van der Waals surface area contributed by atoms with Gasteiger partial charge in [-0.1, -0.05) is 20.8 Å². The van der Waals surface area contributed by atoms with Gasteiger partial charge in [-0.15, -0.1) is 0 Å². The zero-order valence-electron chi connectivity index (χ0n) is 22.5. The van der Waals surface area contributed by atoms with Crippen molar-refractivity contribution < 1.29 is 28.9 Å². The zero-order valence-corrected chi connectivity index (χ0v) is 22.5. The average Bonchev–Trinajstić information content (AvgIpc) is 2.75. The Bertz CT molecular complexity index is 1290. The van der Waals surface area contributed by atoms with Crippen LogP contribution in [0.4, 0.5) is 10.1 Å². The molecule has 0 saturated carbocycles. The first-order valence-electron chi connectivity index (χ1n) is 12.2. The van der Waals surface area contributed by atoms with Gasteiger partial charge in [0.2, 0.25) is 0 Å². The summed E-state index contributed by atoms with van der Waals surface area (Å²) in [4.78, 5) is 39.9. The van der Waals surface area contributed by atoms with E-state index < -0.39 is 35.3 Å². The Morgan fingerprint density at radius 2 is 1.84 bits per heavy atom. The highest BCUT2D eigenvalue weighted by Crippen LogP contribution is 2.40. The Morgan fingerprint density at radius 1 is 1.19 bits per heavy atom. The van der Waals surface area contributed by atoms with Gasteiger partial charge in [0.25, 0.3) is 11.5 Å². The molecule has 1 aliphatic heterocycles. The van der Waals surface area contributed by atoms with Gasteiger partial charge in [-0.3, -0.25) is 14.4 Å². The fraction of sp³-hybridized carbons (Fsp3) is 0.519. The van der Waals surface area contributed by atoms with E-state index >= 15 is 4.39 Å². The second-order valence-corrected chi connectivity index (χ2v) is 11.4. The number of carbonyl (C=O) groups excluding carboxylic acids is 1. The summed E-state index contributed by atoms with van der Waals surface area (Å²) in [6, 6.07) is 2.87. The van der Waals surface area contributed by atoms with Crippen molar-refractivity contribution in [3.8, 4) is 16.9 Å². The first kappa shape index (κ1) is 28.2. The minimum Gasteiger partial charge on any atom is -0.486 e. The summed E-state index contributed by atoms with van der Waals surface area (Å²) in [5, 5.41) is 22.8. The number of carboxylic acids is 1. The number of β-amino-alcohol motifs (C(OH)–C–C–N with tert-alkyl or cyclic N) is 1. The number of hydrogen-bond acceptors (Lipinski definition) is 6. The molecule has 0 atom stereocenters. The van der Waals surface area contributed by atoms with Crippen LogP contribution in [0.5, 0.6) is 5.75 Å². The van der Waals surface area contributed by atoms with Crippen LogP contribution in [-0.4, -0.2) is 58.5 Å². The van der Waals surface area contributed by atoms with Crippen LogP contribution in [0.2, 0.25) is 0 Å². The lowest BCUT2D eigenvalue weighted by Crippen LogP contribution is -2.43. The fourth-order valence-electron chi connectivity index (χ4n) is 4.51. The molecule has 202 valence electrons. The van der Waals surface area contributed by atoms with Crippen LogP contribution < -0.4 is 20.5 Å². The van der Waals surface area contributed by atoms with Crippen LogP contribution in [0.15, 0.2) is 16.9 Å². The summed E-state index contributed by atoms with van der Waals surface area (Å²) in [5.74, 6) is -2.39. The van der Waals surface area contributed by atoms with E-state index in [4.69, 9.17) is 4.74 Å². The lowest BCUT2D eigenvalue weighted by Gasteiger charge is -2.35. The van der Waals surface area contributed by atoms with E-state index in [0.717, 1.165) is 4.57 Å². The Balaban J connectivity index is 2.28. The number of pyridine rings is 1. The first-order chi connectivity index (χ1) is 17.0. The number of nitrogens with zero attached hydrogens (tertiary/aromatic N) is 2. The molecule has 10 heteroatoms. The van der Waals surface area contributed by atoms with Gasteiger partial charge in [0.1, 0.15) is 12.2 Å². The van der Waals surface area contributed by atoms with E-state index in [-0.39, 0.29) is 41.1 Å².